The van der Waals surface area contributed by atoms with Crippen LogP contribution in [0.4, 0.5) is 4.39 Å². The van der Waals surface area contributed by atoms with Gasteiger partial charge in [-0.15, -0.1) is 0 Å². The van der Waals surface area contributed by atoms with E-state index in [9.17, 15) is 9.18 Å². The molecule has 0 aliphatic carbocycles. The van der Waals surface area contributed by atoms with Crippen LogP contribution in [0.5, 0.6) is 0 Å². The molecule has 0 unspecified atom stereocenters. The highest BCUT2D eigenvalue weighted by Gasteiger charge is 2.17. The van der Waals surface area contributed by atoms with Crippen LogP contribution < -0.4 is 5.56 Å². The number of halogens is 2. The molecule has 0 aliphatic heterocycles. The number of hydrogen-bond donors (Lipinski definition) is 0. The Labute approximate surface area is 164 Å². The molecule has 2 heterocycles. The fourth-order valence-corrected chi connectivity index (χ4v) is 3.24. The zero-order valence-electron chi connectivity index (χ0n) is 14.7. The number of fused-ring (bicyclic) bond motifs is 1. The van der Waals surface area contributed by atoms with E-state index >= 15 is 0 Å². The van der Waals surface area contributed by atoms with Crippen LogP contribution in [0.3, 0.4) is 0 Å². The van der Waals surface area contributed by atoms with Crippen molar-refractivity contribution < 1.29 is 4.39 Å². The van der Waals surface area contributed by atoms with Gasteiger partial charge in [0.25, 0.3) is 5.56 Å². The Morgan fingerprint density at radius 1 is 1.21 bits per heavy atom. The Kier molecular flexibility index (Phi) is 4.41. The molecule has 28 heavy (non-hydrogen) atoms. The number of nitrogens with zero attached hydrogens (tertiary/aromatic N) is 5. The summed E-state index contributed by atoms with van der Waals surface area (Å²) < 4.78 is 16.5. The Hall–Kier alpha value is -3.50. The van der Waals surface area contributed by atoms with Crippen molar-refractivity contribution in [2.45, 2.75) is 6.42 Å². The first kappa shape index (κ1) is 17.9. The van der Waals surface area contributed by atoms with Gasteiger partial charge in [-0.2, -0.15) is 5.26 Å². The molecule has 138 valence electrons. The highest BCUT2D eigenvalue weighted by atomic mass is 35.5. The molecular formula is C20H13ClFN5O. The topological polar surface area (TPSA) is 76.5 Å². The molecule has 4 aromatic rings. The molecule has 6 nitrogen and oxygen atoms in total. The largest absolute Gasteiger partial charge is 0.318 e. The van der Waals surface area contributed by atoms with Gasteiger partial charge in [0.15, 0.2) is 11.2 Å². The van der Waals surface area contributed by atoms with Gasteiger partial charge >= 0.3 is 0 Å². The van der Waals surface area contributed by atoms with Crippen LogP contribution in [-0.4, -0.2) is 19.1 Å². The maximum absolute atomic E-state index is 13.4. The second kappa shape index (κ2) is 6.91. The zero-order valence-corrected chi connectivity index (χ0v) is 15.5. The minimum atomic E-state index is -0.437. The normalized spacial score (nSPS) is 10.9. The smallest absolute Gasteiger partial charge is 0.286 e. The van der Waals surface area contributed by atoms with Crippen LogP contribution in [0.15, 0.2) is 53.6 Å². The van der Waals surface area contributed by atoms with E-state index in [1.54, 1.807) is 41.9 Å². The third-order valence-electron chi connectivity index (χ3n) is 4.42. The lowest BCUT2D eigenvalue weighted by Gasteiger charge is -2.13. The van der Waals surface area contributed by atoms with E-state index < -0.39 is 5.82 Å². The SMILES string of the molecule is Cn1cnc2c(=O)n(-c3ccc(C#N)cc3)c(Cc3ccc(F)cc3Cl)nc21. The third kappa shape index (κ3) is 3.04. The fourth-order valence-electron chi connectivity index (χ4n) is 3.01. The quantitative estimate of drug-likeness (QED) is 0.534. The van der Waals surface area contributed by atoms with Gasteiger partial charge in [0.1, 0.15) is 11.6 Å². The Bertz CT molecular complexity index is 1300. The number of hydrogen-bond acceptors (Lipinski definition) is 4. The minimum Gasteiger partial charge on any atom is -0.318 e. The number of rotatable bonds is 3. The average Bonchev–Trinajstić information content (AvgIpc) is 3.06. The molecule has 0 amide bonds. The summed E-state index contributed by atoms with van der Waals surface area (Å²) >= 11 is 6.18. The van der Waals surface area contributed by atoms with E-state index in [-0.39, 0.29) is 22.5 Å². The van der Waals surface area contributed by atoms with Gasteiger partial charge in [-0.25, -0.2) is 14.4 Å². The van der Waals surface area contributed by atoms with Crippen molar-refractivity contribution in [3.63, 3.8) is 0 Å². The van der Waals surface area contributed by atoms with E-state index in [1.165, 1.54) is 23.0 Å². The van der Waals surface area contributed by atoms with Crippen LogP contribution in [-0.2, 0) is 13.5 Å². The van der Waals surface area contributed by atoms with Crippen LogP contribution in [0.2, 0.25) is 5.02 Å². The lowest BCUT2D eigenvalue weighted by atomic mass is 10.1. The lowest BCUT2D eigenvalue weighted by molar-refractivity contribution is 0.627. The van der Waals surface area contributed by atoms with Gasteiger partial charge in [0.05, 0.1) is 23.6 Å². The second-order valence-electron chi connectivity index (χ2n) is 6.27. The van der Waals surface area contributed by atoms with E-state index in [4.69, 9.17) is 16.9 Å². The summed E-state index contributed by atoms with van der Waals surface area (Å²) in [5, 5.41) is 9.27. The molecular weight excluding hydrogens is 381 g/mol. The zero-order chi connectivity index (χ0) is 19.8. The average molecular weight is 394 g/mol. The molecule has 2 aromatic heterocycles. The molecule has 0 atom stereocenters. The van der Waals surface area contributed by atoms with Crippen molar-refractivity contribution in [2.24, 2.45) is 7.05 Å². The molecule has 0 N–H and O–H groups in total. The Morgan fingerprint density at radius 3 is 2.64 bits per heavy atom. The summed E-state index contributed by atoms with van der Waals surface area (Å²) in [4.78, 5) is 21.9. The summed E-state index contributed by atoms with van der Waals surface area (Å²) in [5.74, 6) is -0.00686. The summed E-state index contributed by atoms with van der Waals surface area (Å²) in [5.41, 5.74) is 2.02. The fraction of sp³-hybridized carbons (Fsp3) is 0.100. The molecule has 0 saturated carbocycles. The molecule has 2 aromatic carbocycles. The molecule has 0 spiro atoms. The number of aryl methyl sites for hydroxylation is 1. The van der Waals surface area contributed by atoms with E-state index in [1.807, 2.05) is 6.07 Å². The van der Waals surface area contributed by atoms with Crippen molar-refractivity contribution in [3.8, 4) is 11.8 Å². The summed E-state index contributed by atoms with van der Waals surface area (Å²) in [6, 6.07) is 12.8. The van der Waals surface area contributed by atoms with Crippen molar-refractivity contribution >= 4 is 22.8 Å². The standard InChI is InChI=1S/C20H13ClFN5O/c1-26-11-24-18-19(26)25-17(8-13-4-5-14(22)9-16(13)21)27(20(18)28)15-6-2-12(10-23)3-7-15/h2-7,9,11H,8H2,1H3. The number of benzene rings is 2. The van der Waals surface area contributed by atoms with E-state index in [0.29, 0.717) is 28.3 Å². The van der Waals surface area contributed by atoms with Gasteiger partial charge < -0.3 is 4.57 Å². The highest BCUT2D eigenvalue weighted by Crippen LogP contribution is 2.22. The molecule has 8 heteroatoms. The van der Waals surface area contributed by atoms with Gasteiger partial charge in [-0.1, -0.05) is 17.7 Å². The summed E-state index contributed by atoms with van der Waals surface area (Å²) in [6.45, 7) is 0. The van der Waals surface area contributed by atoms with Crippen molar-refractivity contribution in [3.05, 3.63) is 86.9 Å². The molecule has 0 saturated heterocycles. The molecule has 0 fully saturated rings. The maximum atomic E-state index is 13.4. The van der Waals surface area contributed by atoms with Gasteiger partial charge in [0, 0.05) is 18.5 Å². The van der Waals surface area contributed by atoms with Gasteiger partial charge in [-0.05, 0) is 42.0 Å². The Morgan fingerprint density at radius 2 is 1.96 bits per heavy atom. The van der Waals surface area contributed by atoms with Crippen LogP contribution in [0, 0.1) is 17.1 Å². The monoisotopic (exact) mass is 393 g/mol. The molecule has 4 rings (SSSR count). The van der Waals surface area contributed by atoms with Crippen molar-refractivity contribution in [1.29, 1.82) is 5.26 Å². The van der Waals surface area contributed by atoms with Crippen molar-refractivity contribution in [1.82, 2.24) is 19.1 Å². The molecule has 0 bridgehead atoms. The minimum absolute atomic E-state index is 0.218. The summed E-state index contributed by atoms with van der Waals surface area (Å²) in [6.07, 6.45) is 1.74. The van der Waals surface area contributed by atoms with Crippen molar-refractivity contribution in [2.75, 3.05) is 0 Å². The lowest BCUT2D eigenvalue weighted by Crippen LogP contribution is -2.24. The predicted molar refractivity (Wildman–Crippen MR) is 103 cm³/mol. The predicted octanol–water partition coefficient (Wildman–Crippen LogP) is 3.37. The summed E-state index contributed by atoms with van der Waals surface area (Å²) in [7, 11) is 1.75. The number of aromatic nitrogens is 4. The van der Waals surface area contributed by atoms with Crippen LogP contribution in [0.1, 0.15) is 17.0 Å². The Balaban J connectivity index is 1.95. The van der Waals surface area contributed by atoms with E-state index in [0.717, 1.165) is 0 Å². The number of imidazole rings is 1. The molecule has 0 radical (unpaired) electrons. The second-order valence-corrected chi connectivity index (χ2v) is 6.67. The highest BCUT2D eigenvalue weighted by molar-refractivity contribution is 6.31. The van der Waals surface area contributed by atoms with Gasteiger partial charge in [-0.3, -0.25) is 9.36 Å². The van der Waals surface area contributed by atoms with E-state index in [2.05, 4.69) is 9.97 Å². The maximum Gasteiger partial charge on any atom is 0.286 e. The third-order valence-corrected chi connectivity index (χ3v) is 4.77. The van der Waals surface area contributed by atoms with Crippen LogP contribution in [0.25, 0.3) is 16.9 Å². The molecule has 0 aliphatic rings. The first-order chi connectivity index (χ1) is 13.5. The first-order valence-corrected chi connectivity index (χ1v) is 8.73. The van der Waals surface area contributed by atoms with Crippen LogP contribution >= 0.6 is 11.6 Å². The number of nitriles is 1. The van der Waals surface area contributed by atoms with Gasteiger partial charge in [0.2, 0.25) is 0 Å². The first-order valence-electron chi connectivity index (χ1n) is 8.35.